The lowest BCUT2D eigenvalue weighted by atomic mass is 9.98. The Labute approximate surface area is 290 Å². The number of alkyl halides is 9. The summed E-state index contributed by atoms with van der Waals surface area (Å²) in [5.41, 5.74) is 4.59. The number of benzene rings is 1. The molecule has 1 saturated heterocycles. The summed E-state index contributed by atoms with van der Waals surface area (Å²) >= 11 is 6.31. The van der Waals surface area contributed by atoms with E-state index in [2.05, 4.69) is 36.2 Å². The van der Waals surface area contributed by atoms with Crippen LogP contribution in [0.25, 0.3) is 0 Å². The first-order valence-electron chi connectivity index (χ1n) is 14.0. The van der Waals surface area contributed by atoms with Crippen molar-refractivity contribution in [1.29, 1.82) is 0 Å². The van der Waals surface area contributed by atoms with Crippen LogP contribution < -0.4 is 21.3 Å². The Morgan fingerprint density at radius 2 is 1.35 bits per heavy atom. The van der Waals surface area contributed by atoms with Gasteiger partial charge in [0.1, 0.15) is 5.02 Å². The van der Waals surface area contributed by atoms with Crippen molar-refractivity contribution >= 4 is 64.2 Å². The third kappa shape index (κ3) is 14.8. The zero-order valence-corrected chi connectivity index (χ0v) is 26.5. The van der Waals surface area contributed by atoms with E-state index in [-0.39, 0.29) is 5.91 Å². The Morgan fingerprint density at radius 1 is 0.788 bits per heavy atom. The summed E-state index contributed by atoms with van der Waals surface area (Å²) < 4.78 is 95.2. The summed E-state index contributed by atoms with van der Waals surface area (Å²) in [7, 11) is 0. The van der Waals surface area contributed by atoms with Gasteiger partial charge in [-0.3, -0.25) is 9.78 Å². The van der Waals surface area contributed by atoms with E-state index in [1.54, 1.807) is 12.4 Å². The maximum absolute atomic E-state index is 12.5. The highest BCUT2D eigenvalue weighted by molar-refractivity contribution is 6.32. The number of aryl methyl sites for hydroxylation is 2. The molecule has 7 N–H and O–H groups in total. The molecule has 5 rings (SSSR count). The van der Waals surface area contributed by atoms with Crippen LogP contribution in [-0.2, 0) is 32.0 Å². The number of hydrogen-bond donors (Lipinski definition) is 7. The van der Waals surface area contributed by atoms with E-state index in [1.165, 1.54) is 0 Å². The molecule has 24 heteroatoms. The van der Waals surface area contributed by atoms with Gasteiger partial charge in [0, 0.05) is 24.0 Å². The minimum atomic E-state index is -5.08. The number of nitrogens with zero attached hydrogens (tertiary/aromatic N) is 3. The lowest BCUT2D eigenvalue weighted by Crippen LogP contribution is -2.43. The number of pyridine rings is 1. The van der Waals surface area contributed by atoms with Gasteiger partial charge >= 0.3 is 36.4 Å². The summed E-state index contributed by atoms with van der Waals surface area (Å²) in [6.07, 6.45) is -8.05. The van der Waals surface area contributed by atoms with Crippen LogP contribution in [-0.4, -0.2) is 85.7 Å². The number of carbonyl (C=O) groups excluding carboxylic acids is 1. The Morgan fingerprint density at radius 3 is 1.85 bits per heavy atom. The zero-order valence-electron chi connectivity index (χ0n) is 25.8. The van der Waals surface area contributed by atoms with Crippen molar-refractivity contribution in [2.24, 2.45) is 5.92 Å². The van der Waals surface area contributed by atoms with E-state index >= 15 is 0 Å². The lowest BCUT2D eigenvalue weighted by Gasteiger charge is -2.26. The van der Waals surface area contributed by atoms with Crippen LogP contribution in [0.5, 0.6) is 0 Å². The quantitative estimate of drug-likeness (QED) is 0.163. The van der Waals surface area contributed by atoms with E-state index in [4.69, 9.17) is 41.3 Å². The fourth-order valence-electron chi connectivity index (χ4n) is 3.71. The molecule has 0 radical (unpaired) electrons. The second-order valence-corrected chi connectivity index (χ2v) is 10.7. The van der Waals surface area contributed by atoms with E-state index in [1.807, 2.05) is 30.5 Å². The normalized spacial score (nSPS) is 13.7. The fraction of sp³-hybridized carbons (Fsp3) is 0.321. The lowest BCUT2D eigenvalue weighted by molar-refractivity contribution is -0.193. The van der Waals surface area contributed by atoms with Crippen molar-refractivity contribution in [2.75, 3.05) is 29.0 Å². The molecular formula is C28H25ClF9N7O7. The Bertz CT molecular complexity index is 1680. The number of fused-ring (bicyclic) bond motifs is 6. The molecule has 0 saturated carbocycles. The van der Waals surface area contributed by atoms with Gasteiger partial charge in [-0.2, -0.15) is 44.5 Å². The molecule has 2 aliphatic rings. The molecule has 1 amide bonds. The van der Waals surface area contributed by atoms with Crippen molar-refractivity contribution < 1.29 is 74.0 Å². The molecule has 1 fully saturated rings. The molecule has 14 nitrogen and oxygen atoms in total. The molecule has 0 aliphatic carbocycles. The first kappa shape index (κ1) is 42.7. The van der Waals surface area contributed by atoms with Gasteiger partial charge in [0.15, 0.2) is 5.82 Å². The first-order valence-corrected chi connectivity index (χ1v) is 14.4. The van der Waals surface area contributed by atoms with Crippen LogP contribution >= 0.6 is 11.6 Å². The monoisotopic (exact) mass is 777 g/mol. The van der Waals surface area contributed by atoms with Crippen molar-refractivity contribution in [1.82, 2.24) is 20.3 Å². The Balaban J connectivity index is 0.000000365. The third-order valence-electron chi connectivity index (χ3n) is 6.19. The number of halogens is 10. The predicted molar refractivity (Wildman–Crippen MR) is 162 cm³/mol. The molecule has 284 valence electrons. The molecule has 1 aromatic carbocycles. The van der Waals surface area contributed by atoms with E-state index in [0.717, 1.165) is 54.1 Å². The SMILES string of the molecule is O=C(CC1CNC1)Nc1ccc2cc1CCc1cncc(c1)Nc1ncc(Cl)c(n1)N2.O=C(O)C(F)(F)F.O=C(O)C(F)(F)F.O=C(O)C(F)(F)F. The van der Waals surface area contributed by atoms with Crippen molar-refractivity contribution in [3.8, 4) is 0 Å². The molecule has 0 atom stereocenters. The van der Waals surface area contributed by atoms with Crippen molar-refractivity contribution in [2.45, 2.75) is 37.8 Å². The summed E-state index contributed by atoms with van der Waals surface area (Å²) in [6.45, 7) is 1.81. The van der Waals surface area contributed by atoms with Gasteiger partial charge in [-0.1, -0.05) is 11.6 Å². The van der Waals surface area contributed by atoms with Gasteiger partial charge in [-0.25, -0.2) is 19.4 Å². The summed E-state index contributed by atoms with van der Waals surface area (Å²) in [5, 5.41) is 34.5. The van der Waals surface area contributed by atoms with Gasteiger partial charge in [-0.05, 0) is 67.2 Å². The number of hydrogen-bond acceptors (Lipinski definition) is 10. The van der Waals surface area contributed by atoms with Crippen LogP contribution in [0.2, 0.25) is 5.02 Å². The number of nitrogens with one attached hydrogen (secondary N) is 4. The van der Waals surface area contributed by atoms with Gasteiger partial charge in [0.05, 0.1) is 18.1 Å². The highest BCUT2D eigenvalue weighted by atomic mass is 35.5. The van der Waals surface area contributed by atoms with Gasteiger partial charge in [0.2, 0.25) is 11.9 Å². The fourth-order valence-corrected chi connectivity index (χ4v) is 3.85. The van der Waals surface area contributed by atoms with E-state index < -0.39 is 36.4 Å². The highest BCUT2D eigenvalue weighted by Crippen LogP contribution is 2.29. The highest BCUT2D eigenvalue weighted by Gasteiger charge is 2.39. The zero-order chi connectivity index (χ0) is 39.4. The molecule has 6 bridgehead atoms. The first-order chi connectivity index (χ1) is 23.9. The third-order valence-corrected chi connectivity index (χ3v) is 6.46. The van der Waals surface area contributed by atoms with Gasteiger partial charge in [0.25, 0.3) is 0 Å². The van der Waals surface area contributed by atoms with E-state index in [9.17, 15) is 44.3 Å². The van der Waals surface area contributed by atoms with Crippen molar-refractivity contribution in [3.63, 3.8) is 0 Å². The number of carboxylic acid groups (broad SMARTS) is 3. The second kappa shape index (κ2) is 18.2. The largest absolute Gasteiger partial charge is 0.490 e. The van der Waals surface area contributed by atoms with Crippen LogP contribution in [0, 0.1) is 5.92 Å². The smallest absolute Gasteiger partial charge is 0.475 e. The van der Waals surface area contributed by atoms with Crippen LogP contribution in [0.3, 0.4) is 0 Å². The molecule has 3 aromatic rings. The number of carboxylic acids is 3. The molecule has 2 aliphatic heterocycles. The van der Waals surface area contributed by atoms with Crippen LogP contribution in [0.15, 0.2) is 42.9 Å². The van der Waals surface area contributed by atoms with E-state index in [0.29, 0.717) is 29.1 Å². The summed E-state index contributed by atoms with van der Waals surface area (Å²) in [4.78, 5) is 52.3. The second-order valence-electron chi connectivity index (χ2n) is 10.3. The number of amides is 1. The number of aliphatic carboxylic acids is 3. The van der Waals surface area contributed by atoms with Crippen LogP contribution in [0.1, 0.15) is 17.5 Å². The summed E-state index contributed by atoms with van der Waals surface area (Å²) in [5.74, 6) is -6.88. The minimum absolute atomic E-state index is 0.0442. The van der Waals surface area contributed by atoms with Gasteiger partial charge < -0.3 is 36.6 Å². The number of anilines is 5. The number of rotatable bonds is 3. The molecule has 2 aromatic heterocycles. The molecule has 4 heterocycles. The molecular weight excluding hydrogens is 753 g/mol. The number of aromatic nitrogens is 3. The van der Waals surface area contributed by atoms with Crippen LogP contribution in [0.4, 0.5) is 68.3 Å². The maximum Gasteiger partial charge on any atom is 0.490 e. The minimum Gasteiger partial charge on any atom is -0.475 e. The van der Waals surface area contributed by atoms with Crippen molar-refractivity contribution in [3.05, 3.63) is 59.0 Å². The molecule has 0 spiro atoms. The topological polar surface area (TPSA) is 216 Å². The Hall–Kier alpha value is -5.45. The number of carbonyl (C=O) groups is 4. The average Bonchev–Trinajstić information content (AvgIpc) is 3.00. The maximum atomic E-state index is 12.5. The Kier molecular flexibility index (Phi) is 14.9. The predicted octanol–water partition coefficient (Wildman–Crippen LogP) is 5.56. The van der Waals surface area contributed by atoms with Gasteiger partial charge in [-0.15, -0.1) is 0 Å². The average molecular weight is 778 g/mol. The summed E-state index contributed by atoms with van der Waals surface area (Å²) in [6, 6.07) is 7.90. The molecule has 52 heavy (non-hydrogen) atoms. The molecule has 0 unspecified atom stereocenters. The standard InChI is InChI=1S/C22H22ClN7O.3C2HF3O2/c23-18-12-26-22-28-17-5-13(8-25-11-17)1-2-15-7-16(27-21(18)30-22)3-4-19(15)29-20(31)6-14-9-24-10-14;3*3-2(4,5)1(6)7/h3-5,7-8,11-12,14,24H,1-2,6,9-10H2,(H,29,31)(H2,26,27,28,30);3*(H,6,7).